The van der Waals surface area contributed by atoms with E-state index in [-0.39, 0.29) is 11.7 Å². The highest BCUT2D eigenvalue weighted by Crippen LogP contribution is 2.26. The highest BCUT2D eigenvalue weighted by atomic mass is 16.5. The van der Waals surface area contributed by atoms with Crippen molar-refractivity contribution >= 4 is 5.91 Å². The van der Waals surface area contributed by atoms with Crippen LogP contribution in [0.2, 0.25) is 0 Å². The number of phenols is 1. The standard InChI is InChI=1S/C15H22N2O3/c1-17(15(19)8-11-5-6-16-9-11)10-12-3-4-13(18)14(7-12)20-2/h3-4,7,11,16,18H,5-6,8-10H2,1-2H3. The number of ether oxygens (including phenoxy) is 1. The zero-order valence-corrected chi connectivity index (χ0v) is 12.1. The number of aromatic hydroxyl groups is 1. The third-order valence-corrected chi connectivity index (χ3v) is 3.72. The Labute approximate surface area is 119 Å². The van der Waals surface area contributed by atoms with Gasteiger partial charge in [-0.15, -0.1) is 0 Å². The highest BCUT2D eigenvalue weighted by Gasteiger charge is 2.20. The first kappa shape index (κ1) is 14.7. The Morgan fingerprint density at radius 3 is 3.00 bits per heavy atom. The molecule has 1 unspecified atom stereocenters. The smallest absolute Gasteiger partial charge is 0.222 e. The molecular weight excluding hydrogens is 256 g/mol. The van der Waals surface area contributed by atoms with E-state index >= 15 is 0 Å². The lowest BCUT2D eigenvalue weighted by atomic mass is 10.0. The lowest BCUT2D eigenvalue weighted by Gasteiger charge is -2.19. The van der Waals surface area contributed by atoms with Crippen molar-refractivity contribution in [1.29, 1.82) is 0 Å². The summed E-state index contributed by atoms with van der Waals surface area (Å²) in [5, 5.41) is 12.8. The Morgan fingerprint density at radius 1 is 1.55 bits per heavy atom. The fourth-order valence-electron chi connectivity index (χ4n) is 2.47. The van der Waals surface area contributed by atoms with Crippen LogP contribution in [-0.4, -0.2) is 43.2 Å². The summed E-state index contributed by atoms with van der Waals surface area (Å²) in [6.45, 7) is 2.47. The maximum atomic E-state index is 12.1. The van der Waals surface area contributed by atoms with Gasteiger partial charge in [0.15, 0.2) is 11.5 Å². The molecule has 0 aliphatic carbocycles. The van der Waals surface area contributed by atoms with Gasteiger partial charge >= 0.3 is 0 Å². The molecule has 1 aromatic rings. The second-order valence-electron chi connectivity index (χ2n) is 5.32. The van der Waals surface area contributed by atoms with Gasteiger partial charge in [-0.3, -0.25) is 4.79 Å². The van der Waals surface area contributed by atoms with Gasteiger partial charge in [-0.25, -0.2) is 0 Å². The number of rotatable bonds is 5. The molecule has 0 aromatic heterocycles. The number of amides is 1. The van der Waals surface area contributed by atoms with Crippen LogP contribution in [0.5, 0.6) is 11.5 Å². The summed E-state index contributed by atoms with van der Waals surface area (Å²) in [7, 11) is 3.32. The van der Waals surface area contributed by atoms with Crippen molar-refractivity contribution in [1.82, 2.24) is 10.2 Å². The van der Waals surface area contributed by atoms with Gasteiger partial charge in [-0.1, -0.05) is 6.07 Å². The average molecular weight is 278 g/mol. The van der Waals surface area contributed by atoms with E-state index in [1.54, 1.807) is 23.1 Å². The third kappa shape index (κ3) is 3.63. The maximum absolute atomic E-state index is 12.1. The van der Waals surface area contributed by atoms with Crippen LogP contribution in [0, 0.1) is 5.92 Å². The average Bonchev–Trinajstić information content (AvgIpc) is 2.93. The van der Waals surface area contributed by atoms with Gasteiger partial charge in [0.2, 0.25) is 5.91 Å². The van der Waals surface area contributed by atoms with E-state index in [0.717, 1.165) is 25.1 Å². The molecule has 1 amide bonds. The largest absolute Gasteiger partial charge is 0.504 e. The van der Waals surface area contributed by atoms with Crippen molar-refractivity contribution in [3.8, 4) is 11.5 Å². The number of phenolic OH excluding ortho intramolecular Hbond substituents is 1. The summed E-state index contributed by atoms with van der Waals surface area (Å²) in [6, 6.07) is 5.16. The Hall–Kier alpha value is -1.75. The molecule has 1 aromatic carbocycles. The van der Waals surface area contributed by atoms with Gasteiger partial charge in [0.05, 0.1) is 7.11 Å². The molecule has 0 spiro atoms. The molecule has 5 heteroatoms. The van der Waals surface area contributed by atoms with E-state index in [1.165, 1.54) is 7.11 Å². The van der Waals surface area contributed by atoms with Crippen molar-refractivity contribution < 1.29 is 14.6 Å². The van der Waals surface area contributed by atoms with Crippen molar-refractivity contribution in [3.63, 3.8) is 0 Å². The number of carbonyl (C=O) groups excluding carboxylic acids is 1. The van der Waals surface area contributed by atoms with Crippen LogP contribution >= 0.6 is 0 Å². The van der Waals surface area contributed by atoms with Crippen molar-refractivity contribution in [2.75, 3.05) is 27.2 Å². The van der Waals surface area contributed by atoms with E-state index in [0.29, 0.717) is 24.6 Å². The van der Waals surface area contributed by atoms with Crippen LogP contribution in [0.1, 0.15) is 18.4 Å². The molecule has 2 rings (SSSR count). The zero-order valence-electron chi connectivity index (χ0n) is 12.1. The fraction of sp³-hybridized carbons (Fsp3) is 0.533. The van der Waals surface area contributed by atoms with Crippen molar-refractivity contribution in [2.24, 2.45) is 5.92 Å². The Balaban J connectivity index is 1.92. The summed E-state index contributed by atoms with van der Waals surface area (Å²) in [5.41, 5.74) is 0.944. The first-order valence-corrected chi connectivity index (χ1v) is 6.90. The van der Waals surface area contributed by atoms with E-state index < -0.39 is 0 Å². The van der Waals surface area contributed by atoms with Crippen LogP contribution in [-0.2, 0) is 11.3 Å². The molecule has 0 saturated carbocycles. The molecule has 0 bridgehead atoms. The summed E-state index contributed by atoms with van der Waals surface area (Å²) < 4.78 is 5.07. The number of hydrogen-bond acceptors (Lipinski definition) is 4. The number of methoxy groups -OCH3 is 1. The van der Waals surface area contributed by atoms with E-state index in [4.69, 9.17) is 4.74 Å². The Kier molecular flexibility index (Phi) is 4.84. The minimum Gasteiger partial charge on any atom is -0.504 e. The lowest BCUT2D eigenvalue weighted by Crippen LogP contribution is -2.28. The molecular formula is C15H22N2O3. The monoisotopic (exact) mass is 278 g/mol. The van der Waals surface area contributed by atoms with Crippen LogP contribution in [0.15, 0.2) is 18.2 Å². The highest BCUT2D eigenvalue weighted by molar-refractivity contribution is 5.76. The number of hydrogen-bond donors (Lipinski definition) is 2. The molecule has 1 aliphatic heterocycles. The predicted octanol–water partition coefficient (Wildman–Crippen LogP) is 1.36. The minimum atomic E-state index is 0.113. The van der Waals surface area contributed by atoms with Crippen LogP contribution in [0.25, 0.3) is 0 Å². The number of nitrogens with zero attached hydrogens (tertiary/aromatic N) is 1. The SMILES string of the molecule is COc1cc(CN(C)C(=O)CC2CCNC2)ccc1O. The van der Waals surface area contributed by atoms with Gasteiger partial charge in [0.25, 0.3) is 0 Å². The first-order valence-electron chi connectivity index (χ1n) is 6.90. The third-order valence-electron chi connectivity index (χ3n) is 3.72. The summed E-state index contributed by atoms with van der Waals surface area (Å²) >= 11 is 0. The molecule has 1 atom stereocenters. The zero-order chi connectivity index (χ0) is 14.5. The molecule has 110 valence electrons. The molecule has 1 aliphatic rings. The molecule has 5 nitrogen and oxygen atoms in total. The topological polar surface area (TPSA) is 61.8 Å². The maximum Gasteiger partial charge on any atom is 0.222 e. The second kappa shape index (κ2) is 6.61. The molecule has 2 N–H and O–H groups in total. The molecule has 0 radical (unpaired) electrons. The van der Waals surface area contributed by atoms with E-state index in [2.05, 4.69) is 5.32 Å². The van der Waals surface area contributed by atoms with Crippen molar-refractivity contribution in [3.05, 3.63) is 23.8 Å². The van der Waals surface area contributed by atoms with E-state index in [1.807, 2.05) is 7.05 Å². The van der Waals surface area contributed by atoms with Crippen molar-refractivity contribution in [2.45, 2.75) is 19.4 Å². The normalized spacial score (nSPS) is 18.0. The quantitative estimate of drug-likeness (QED) is 0.853. The van der Waals surface area contributed by atoms with Crippen LogP contribution in [0.4, 0.5) is 0 Å². The Morgan fingerprint density at radius 2 is 2.35 bits per heavy atom. The van der Waals surface area contributed by atoms with Crippen LogP contribution in [0.3, 0.4) is 0 Å². The minimum absolute atomic E-state index is 0.113. The molecule has 1 saturated heterocycles. The van der Waals surface area contributed by atoms with Gasteiger partial charge in [0.1, 0.15) is 0 Å². The number of carbonyl (C=O) groups is 1. The van der Waals surface area contributed by atoms with Crippen LogP contribution < -0.4 is 10.1 Å². The summed E-state index contributed by atoms with van der Waals surface area (Å²) in [6.07, 6.45) is 1.67. The predicted molar refractivity (Wildman–Crippen MR) is 76.7 cm³/mol. The van der Waals surface area contributed by atoms with Gasteiger partial charge in [-0.2, -0.15) is 0 Å². The molecule has 1 fully saturated rings. The molecule has 20 heavy (non-hydrogen) atoms. The molecule has 1 heterocycles. The fourth-order valence-corrected chi connectivity index (χ4v) is 2.47. The lowest BCUT2D eigenvalue weighted by molar-refractivity contribution is -0.131. The number of benzene rings is 1. The number of nitrogens with one attached hydrogen (secondary N) is 1. The summed E-state index contributed by atoms with van der Waals surface area (Å²) in [5.74, 6) is 1.16. The first-order chi connectivity index (χ1) is 9.60. The second-order valence-corrected chi connectivity index (χ2v) is 5.32. The van der Waals surface area contributed by atoms with Gasteiger partial charge < -0.3 is 20.1 Å². The summed E-state index contributed by atoms with van der Waals surface area (Å²) in [4.78, 5) is 13.9. The Bertz CT molecular complexity index is 470. The van der Waals surface area contributed by atoms with Gasteiger partial charge in [-0.05, 0) is 43.1 Å². The van der Waals surface area contributed by atoms with Gasteiger partial charge in [0, 0.05) is 20.0 Å². The van der Waals surface area contributed by atoms with E-state index in [9.17, 15) is 9.90 Å².